The smallest absolute Gasteiger partial charge is 0.432 e. The number of ketones is 1. The molecule has 19 heteroatoms. The molecule has 0 N–H and O–H groups in total. The Morgan fingerprint density at radius 2 is 0.904 bits per heavy atom. The Balaban J connectivity index is 0.000000152. The predicted octanol–water partition coefficient (Wildman–Crippen LogP) is 33.3. The van der Waals surface area contributed by atoms with Crippen molar-refractivity contribution in [2.24, 2.45) is 23.2 Å². The molecule has 21 rings (SSSR count). The third-order valence-electron chi connectivity index (χ3n) is 25.7. The van der Waals surface area contributed by atoms with E-state index in [-0.39, 0.29) is 119 Å². The molecule has 15 aromatic rings. The minimum atomic E-state index is -6.67. The average molecular weight is 1940 g/mol. The van der Waals surface area contributed by atoms with Crippen molar-refractivity contribution in [2.75, 3.05) is 17.8 Å². The molecule has 3 atom stereocenters. The van der Waals surface area contributed by atoms with Crippen LogP contribution in [0.4, 0.5) is 30.7 Å². The van der Waals surface area contributed by atoms with Gasteiger partial charge < -0.3 is 9.29 Å². The van der Waals surface area contributed by atoms with Crippen LogP contribution in [-0.4, -0.2) is 75.9 Å². The molecular weight excluding hydrogens is 1810 g/mol. The summed E-state index contributed by atoms with van der Waals surface area (Å²) in [6, 6.07) is 117. The molecule has 3 unspecified atom stereocenters. The van der Waals surface area contributed by atoms with Crippen molar-refractivity contribution in [1.29, 1.82) is 0 Å². The molecule has 6 nitrogen and oxygen atoms in total. The van der Waals surface area contributed by atoms with Gasteiger partial charge in [0, 0.05) is 76.9 Å². The number of hydrogen-bond acceptors (Lipinski definition) is 6. The highest BCUT2D eigenvalue weighted by atomic mass is 32.2. The van der Waals surface area contributed by atoms with Crippen LogP contribution >= 0.6 is 20.9 Å². The maximum Gasteiger partial charge on any atom is 0.432 e. The van der Waals surface area contributed by atoms with E-state index in [0.717, 1.165) is 53.2 Å². The van der Waals surface area contributed by atoms with Crippen LogP contribution in [0.5, 0.6) is 0 Å². The number of carbonyl (C=O) groups excluding carboxylic acids is 2. The van der Waals surface area contributed by atoms with Crippen LogP contribution in [0.3, 0.4) is 0 Å². The third kappa shape index (κ3) is 26.4. The van der Waals surface area contributed by atoms with Crippen LogP contribution in [-0.2, 0) is 64.2 Å². The summed E-state index contributed by atoms with van der Waals surface area (Å²) in [6.45, 7) is 14.2. The zero-order chi connectivity index (χ0) is 93.6. The molecule has 0 amide bonds. The zero-order valence-electron chi connectivity index (χ0n) is 76.1. The summed E-state index contributed by atoms with van der Waals surface area (Å²) < 4.78 is 132. The van der Waals surface area contributed by atoms with Gasteiger partial charge in [-0.25, -0.2) is 17.2 Å². The van der Waals surface area contributed by atoms with E-state index in [0.29, 0.717) is 22.2 Å². The van der Waals surface area contributed by atoms with E-state index in [4.69, 9.17) is 0 Å². The Labute approximate surface area is 810 Å². The predicted molar refractivity (Wildman–Crippen MR) is 561 cm³/mol. The molecule has 0 radical (unpaired) electrons. The lowest BCUT2D eigenvalue weighted by molar-refractivity contribution is -0.266. The number of hydrogen-bond donors (Lipinski definition) is 0. The standard InChI is InChI=1S/C22H21S.C19H17S.C18H21OS.C14H17F5O5S.C14H11S.C13H12F2.C13H19S.3CH4/c1-22(2,3)16-12-14-17(15-13-16)23-20-10-6-4-8-18(20)19-9-5-7-11-21(19)23;1-16-12-14-19(15-13-16)20(17-8-4-2-5-9-17)18-10-6-3-7-11-18;1-18(2,20-11-5-6-12-20)17(19)16-10-9-14-7-3-4-8-15(14)13-16;15-13(16,17)10(14(18,19)25(21,22)23)24-11(20)12-4-7-1-8(5-12)3-9(2-7)6-12;1-2-7-13(8-3-1)15-11-10-12-6-4-5-9-14(12)15;1-13(14,15)9-11-7-4-6-10-5-2-3-8-12(10)11;1-14(12-8-4-2-5-9-12)13-10-6-3-7-11-13;;;/h4-15H,1-3H3;2-15H,1H3;3-4,7-10,13H,5-6,11-12H2,1-2H3;7-10H,1-6H2,(H,21,22,23);1-11H;2-8H,9H2,1H3;2,4-5,8-9,13H,3,6-7,10-11H2,1H3;3*1H4/q3*+1;;+1;;+1;;;/p-1. The van der Waals surface area contributed by atoms with Gasteiger partial charge in [-0.15, -0.1) is 0 Å². The molecule has 13 aromatic carbocycles. The van der Waals surface area contributed by atoms with Crippen molar-refractivity contribution < 1.29 is 58.0 Å². The van der Waals surface area contributed by atoms with Gasteiger partial charge in [0.2, 0.25) is 11.7 Å². The van der Waals surface area contributed by atoms with Gasteiger partial charge in [-0.05, 0) is 276 Å². The molecule has 4 bridgehead atoms. The lowest BCUT2D eigenvalue weighted by atomic mass is 9.49. The first-order valence-electron chi connectivity index (χ1n) is 45.5. The van der Waals surface area contributed by atoms with Crippen LogP contribution in [0.2, 0.25) is 0 Å². The van der Waals surface area contributed by atoms with Crippen molar-refractivity contribution in [1.82, 2.24) is 0 Å². The Bertz CT molecular complexity index is 6310. The maximum absolute atomic E-state index is 13.5. The van der Waals surface area contributed by atoms with E-state index in [1.165, 1.54) is 128 Å². The molecule has 6 fully saturated rings. The van der Waals surface area contributed by atoms with Crippen LogP contribution < -0.4 is 0 Å². The largest absolute Gasteiger partial charge is 0.743 e. The van der Waals surface area contributed by atoms with Gasteiger partial charge in [0.15, 0.2) is 58.3 Å². The molecule has 1 saturated heterocycles. The lowest BCUT2D eigenvalue weighted by Gasteiger charge is -2.55. The Kier molecular flexibility index (Phi) is 36.4. The highest BCUT2D eigenvalue weighted by molar-refractivity contribution is 7.99. The van der Waals surface area contributed by atoms with Gasteiger partial charge in [-0.2, -0.15) is 22.0 Å². The fourth-order valence-corrected chi connectivity index (χ4v) is 30.8. The van der Waals surface area contributed by atoms with Crippen molar-refractivity contribution in [3.8, 4) is 9.79 Å². The summed E-state index contributed by atoms with van der Waals surface area (Å²) in [5.74, 6) is -0.959. The maximum atomic E-state index is 13.5. The van der Waals surface area contributed by atoms with Crippen molar-refractivity contribution in [3.63, 3.8) is 0 Å². The molecule has 710 valence electrons. The summed E-state index contributed by atoms with van der Waals surface area (Å²) in [5, 5.41) is 5.92. The molecule has 6 aliphatic rings. The number of alkyl halides is 7. The number of fused-ring (bicyclic) bond motifs is 6. The first kappa shape index (κ1) is 106. The van der Waals surface area contributed by atoms with Gasteiger partial charge >= 0.3 is 17.4 Å². The van der Waals surface area contributed by atoms with E-state index in [1.807, 2.05) is 54.6 Å². The number of benzene rings is 13. The molecule has 135 heavy (non-hydrogen) atoms. The number of ether oxygens (including phenoxy) is 1. The van der Waals surface area contributed by atoms with Gasteiger partial charge in [0.05, 0.1) is 16.3 Å². The van der Waals surface area contributed by atoms with E-state index in [2.05, 4.69) is 331 Å². The summed E-state index contributed by atoms with van der Waals surface area (Å²) >= 11 is 0. The van der Waals surface area contributed by atoms with E-state index >= 15 is 0 Å². The molecule has 0 spiro atoms. The lowest BCUT2D eigenvalue weighted by Crippen LogP contribution is -2.56. The highest BCUT2D eigenvalue weighted by Gasteiger charge is 2.65. The number of Topliss-reactive ketones (excluding diaryl/α,β-unsaturated/α-hetero) is 1. The zero-order valence-corrected chi connectivity index (χ0v) is 81.0. The summed E-state index contributed by atoms with van der Waals surface area (Å²) in [6.07, 6.45) is 5.17. The molecule has 5 saturated carbocycles. The minimum Gasteiger partial charge on any atom is -0.743 e. The molecular formula is C116H129F7O6S6+4. The normalized spacial score (nSPS) is 17.6. The Hall–Kier alpha value is -9.83. The quantitative estimate of drug-likeness (QED) is 0.0314. The fourth-order valence-electron chi connectivity index (χ4n) is 19.3. The van der Waals surface area contributed by atoms with E-state index in [9.17, 15) is 53.3 Å². The first-order chi connectivity index (χ1) is 63.1. The third-order valence-corrected chi connectivity index (χ3v) is 38.9. The second-order valence-corrected chi connectivity index (χ2v) is 49.3. The number of aryl methyl sites for hydroxylation is 1. The van der Waals surface area contributed by atoms with Crippen LogP contribution in [0.15, 0.2) is 359 Å². The van der Waals surface area contributed by atoms with Crippen LogP contribution in [0, 0.1) is 30.1 Å². The number of carbonyl (C=O) groups is 2. The average Bonchev–Trinajstić information content (AvgIpc) is 1.48. The monoisotopic (exact) mass is 1940 g/mol. The Morgan fingerprint density at radius 3 is 1.41 bits per heavy atom. The van der Waals surface area contributed by atoms with Gasteiger partial charge in [-0.1, -0.05) is 267 Å². The molecule has 1 aliphatic heterocycles. The van der Waals surface area contributed by atoms with Gasteiger partial charge in [0.25, 0.3) is 6.10 Å². The van der Waals surface area contributed by atoms with E-state index < -0.39 is 45.0 Å². The van der Waals surface area contributed by atoms with Crippen molar-refractivity contribution >= 4 is 127 Å². The van der Waals surface area contributed by atoms with Crippen LogP contribution in [0.25, 0.3) is 61.6 Å². The van der Waals surface area contributed by atoms with Crippen molar-refractivity contribution in [3.05, 3.63) is 361 Å². The molecule has 3 heterocycles. The van der Waals surface area contributed by atoms with Crippen LogP contribution in [0.1, 0.15) is 174 Å². The Morgan fingerprint density at radius 1 is 0.459 bits per heavy atom. The number of esters is 1. The minimum absolute atomic E-state index is 0. The van der Waals surface area contributed by atoms with E-state index in [1.54, 1.807) is 11.0 Å². The second-order valence-electron chi connectivity index (χ2n) is 36.9. The first-order valence-corrected chi connectivity index (χ1v) is 53.9. The van der Waals surface area contributed by atoms with Crippen molar-refractivity contribution in [2.45, 2.75) is 219 Å². The number of rotatable bonds is 16. The summed E-state index contributed by atoms with van der Waals surface area (Å²) in [5.41, 5.74) is 3.19. The fraction of sp³-hybridized carbons (Fsp3) is 0.328. The molecule has 2 aromatic heterocycles. The molecule has 5 aliphatic carbocycles. The summed E-state index contributed by atoms with van der Waals surface area (Å²) in [7, 11) is -5.78. The summed E-state index contributed by atoms with van der Waals surface area (Å²) in [4.78, 5) is 33.7. The second kappa shape index (κ2) is 46.5. The number of thiophene rings is 2. The SMILES string of the molecule is C.C.C.CC(C)(C(=O)c1ccc2ccccc2c1)[S+]1CCCC1.CC(C)(C)c1ccc(-[s+]2c3ccccc3c3ccccc32)cc1.CC(F)(F)Cc1cccc2ccccc12.C[S+](c1ccccc1)C1CCCCC1.Cc1ccc([S+](c2ccccc2)c2ccccc2)cc1.O=C(OC(C(F)(F)F)C(F)(F)S(=O)(=O)[O-])C12CC3CC(CC(C3)C1)C2.c1ccc(-[s+]2ccc3ccccc32)cc1. The van der Waals surface area contributed by atoms with Gasteiger partial charge in [-0.3, -0.25) is 9.59 Å². The van der Waals surface area contributed by atoms with Gasteiger partial charge in [0.1, 0.15) is 28.4 Å². The number of halogens is 7. The topological polar surface area (TPSA) is 101 Å². The highest BCUT2D eigenvalue weighted by Crippen LogP contribution is 2.61.